The van der Waals surface area contributed by atoms with Crippen LogP contribution in [0.2, 0.25) is 0 Å². The van der Waals surface area contributed by atoms with Crippen LogP contribution in [0.4, 0.5) is 4.79 Å². The normalized spacial score (nSPS) is 23.9. The van der Waals surface area contributed by atoms with E-state index in [2.05, 4.69) is 36.0 Å². The maximum absolute atomic E-state index is 12.4. The van der Waals surface area contributed by atoms with Gasteiger partial charge in [-0.1, -0.05) is 13.8 Å². The maximum Gasteiger partial charge on any atom is 0.317 e. The maximum atomic E-state index is 12.4. The molecule has 1 atom stereocenters. The lowest BCUT2D eigenvalue weighted by Crippen LogP contribution is -2.50. The lowest BCUT2D eigenvalue weighted by Gasteiger charge is -2.40. The third kappa shape index (κ3) is 5.33. The van der Waals surface area contributed by atoms with Crippen molar-refractivity contribution in [3.05, 3.63) is 0 Å². The average molecular weight is 341 g/mol. The molecule has 2 heterocycles. The fourth-order valence-corrected chi connectivity index (χ4v) is 3.72. The number of hydrogen-bond acceptors (Lipinski definition) is 4. The first kappa shape index (κ1) is 19.5. The van der Waals surface area contributed by atoms with Gasteiger partial charge in [-0.3, -0.25) is 0 Å². The minimum Gasteiger partial charge on any atom is -0.396 e. The third-order valence-electron chi connectivity index (χ3n) is 5.96. The highest BCUT2D eigenvalue weighted by Crippen LogP contribution is 2.34. The van der Waals surface area contributed by atoms with Gasteiger partial charge in [-0.25, -0.2) is 4.79 Å². The molecule has 2 saturated heterocycles. The number of nitrogens with zero attached hydrogens (tertiary/aromatic N) is 3. The van der Waals surface area contributed by atoms with Crippen LogP contribution in [0.25, 0.3) is 0 Å². The minimum atomic E-state index is 0.0332. The molecule has 0 spiro atoms. The Morgan fingerprint density at radius 1 is 1.17 bits per heavy atom. The molecule has 0 aromatic heterocycles. The molecule has 140 valence electrons. The summed E-state index contributed by atoms with van der Waals surface area (Å²) in [5.41, 5.74) is 0.0332. The molecule has 2 rings (SSSR count). The number of aliphatic hydroxyl groups is 1. The summed E-state index contributed by atoms with van der Waals surface area (Å²) in [5.74, 6) is 0.467. The highest BCUT2D eigenvalue weighted by Gasteiger charge is 2.33. The largest absolute Gasteiger partial charge is 0.396 e. The van der Waals surface area contributed by atoms with Crippen LogP contribution < -0.4 is 5.32 Å². The van der Waals surface area contributed by atoms with E-state index in [-0.39, 0.29) is 18.1 Å². The number of carbonyl (C=O) groups excluding carboxylic acids is 1. The van der Waals surface area contributed by atoms with Crippen molar-refractivity contribution in [1.29, 1.82) is 0 Å². The molecule has 0 aliphatic carbocycles. The Hall–Kier alpha value is -0.850. The zero-order valence-corrected chi connectivity index (χ0v) is 15.8. The molecule has 0 saturated carbocycles. The molecule has 24 heavy (non-hydrogen) atoms. The van der Waals surface area contributed by atoms with Crippen molar-refractivity contribution >= 4 is 6.03 Å². The molecule has 1 unspecified atom stereocenters. The summed E-state index contributed by atoms with van der Waals surface area (Å²) in [6.07, 6.45) is 2.80. The molecule has 0 aromatic carbocycles. The van der Waals surface area contributed by atoms with Crippen molar-refractivity contribution in [2.24, 2.45) is 11.3 Å². The standard InChI is InChI=1S/C18H36N4O2/c1-4-18(15-23)5-7-22(8-6-18)17(24)19-13-16(2)14-21-11-9-20(3)10-12-21/h16,23H,4-15H2,1-3H3,(H,19,24). The third-order valence-corrected chi connectivity index (χ3v) is 5.96. The summed E-state index contributed by atoms with van der Waals surface area (Å²) in [7, 11) is 2.17. The highest BCUT2D eigenvalue weighted by molar-refractivity contribution is 5.74. The quantitative estimate of drug-likeness (QED) is 0.759. The van der Waals surface area contributed by atoms with Crippen LogP contribution in [-0.2, 0) is 0 Å². The summed E-state index contributed by atoms with van der Waals surface area (Å²) in [6.45, 7) is 12.4. The number of nitrogens with one attached hydrogen (secondary N) is 1. The lowest BCUT2D eigenvalue weighted by molar-refractivity contribution is 0.0517. The molecule has 6 nitrogen and oxygen atoms in total. The predicted molar refractivity (Wildman–Crippen MR) is 97.1 cm³/mol. The van der Waals surface area contributed by atoms with E-state index in [4.69, 9.17) is 0 Å². The Labute approximate surface area is 147 Å². The van der Waals surface area contributed by atoms with Crippen LogP contribution in [0.5, 0.6) is 0 Å². The van der Waals surface area contributed by atoms with Crippen LogP contribution in [-0.4, -0.2) is 91.8 Å². The van der Waals surface area contributed by atoms with Gasteiger partial charge in [0.25, 0.3) is 0 Å². The average Bonchev–Trinajstić information content (AvgIpc) is 2.61. The number of hydrogen-bond donors (Lipinski definition) is 2. The SMILES string of the molecule is CCC1(CO)CCN(C(=O)NCC(C)CN2CCN(C)CC2)CC1. The van der Waals surface area contributed by atoms with Crippen LogP contribution in [0.3, 0.4) is 0 Å². The van der Waals surface area contributed by atoms with Gasteiger partial charge in [-0.15, -0.1) is 0 Å². The topological polar surface area (TPSA) is 59.1 Å². The van der Waals surface area contributed by atoms with E-state index in [0.29, 0.717) is 5.92 Å². The molecule has 2 aliphatic heterocycles. The van der Waals surface area contributed by atoms with E-state index in [1.54, 1.807) is 0 Å². The number of amides is 2. The predicted octanol–water partition coefficient (Wildman–Crippen LogP) is 1.06. The number of rotatable bonds is 6. The summed E-state index contributed by atoms with van der Waals surface area (Å²) in [5, 5.41) is 12.7. The van der Waals surface area contributed by atoms with Gasteiger partial charge in [-0.2, -0.15) is 0 Å². The van der Waals surface area contributed by atoms with Crippen molar-refractivity contribution in [3.8, 4) is 0 Å². The fraction of sp³-hybridized carbons (Fsp3) is 0.944. The Balaban J connectivity index is 1.66. The van der Waals surface area contributed by atoms with E-state index in [0.717, 1.165) is 71.6 Å². The van der Waals surface area contributed by atoms with E-state index in [1.807, 2.05) is 4.90 Å². The number of carbonyl (C=O) groups is 1. The molecule has 6 heteroatoms. The Morgan fingerprint density at radius 2 is 1.79 bits per heavy atom. The van der Waals surface area contributed by atoms with Crippen molar-refractivity contribution in [3.63, 3.8) is 0 Å². The van der Waals surface area contributed by atoms with E-state index >= 15 is 0 Å². The number of likely N-dealkylation sites (N-methyl/N-ethyl adjacent to an activating group) is 1. The number of piperidine rings is 1. The Bertz CT molecular complexity index is 382. The molecular formula is C18H36N4O2. The molecule has 2 fully saturated rings. The van der Waals surface area contributed by atoms with Gasteiger partial charge in [0.1, 0.15) is 0 Å². The van der Waals surface area contributed by atoms with Gasteiger partial charge in [0.2, 0.25) is 0 Å². The Morgan fingerprint density at radius 3 is 2.33 bits per heavy atom. The zero-order valence-electron chi connectivity index (χ0n) is 15.8. The van der Waals surface area contributed by atoms with E-state index < -0.39 is 0 Å². The smallest absolute Gasteiger partial charge is 0.317 e. The second-order valence-corrected chi connectivity index (χ2v) is 7.89. The zero-order chi connectivity index (χ0) is 17.6. The fourth-order valence-electron chi connectivity index (χ4n) is 3.72. The summed E-state index contributed by atoms with van der Waals surface area (Å²) in [4.78, 5) is 19.1. The van der Waals surface area contributed by atoms with Crippen LogP contribution in [0.1, 0.15) is 33.1 Å². The number of piperazine rings is 1. The van der Waals surface area contributed by atoms with Gasteiger partial charge in [0.15, 0.2) is 0 Å². The van der Waals surface area contributed by atoms with Crippen molar-refractivity contribution in [1.82, 2.24) is 20.0 Å². The van der Waals surface area contributed by atoms with Crippen LogP contribution in [0.15, 0.2) is 0 Å². The van der Waals surface area contributed by atoms with Gasteiger partial charge in [0.05, 0.1) is 0 Å². The molecule has 0 bridgehead atoms. The molecule has 2 aliphatic rings. The number of likely N-dealkylation sites (tertiary alicyclic amines) is 1. The molecular weight excluding hydrogens is 304 g/mol. The summed E-state index contributed by atoms with van der Waals surface area (Å²) in [6, 6.07) is 0.0582. The second kappa shape index (κ2) is 9.02. The van der Waals surface area contributed by atoms with Crippen molar-refractivity contribution in [2.45, 2.75) is 33.1 Å². The monoisotopic (exact) mass is 340 g/mol. The summed E-state index contributed by atoms with van der Waals surface area (Å²) < 4.78 is 0. The van der Waals surface area contributed by atoms with Gasteiger partial charge in [-0.05, 0) is 37.6 Å². The summed E-state index contributed by atoms with van der Waals surface area (Å²) >= 11 is 0. The first-order valence-electron chi connectivity index (χ1n) is 9.52. The molecule has 2 amide bonds. The van der Waals surface area contributed by atoms with Gasteiger partial charge < -0.3 is 25.1 Å². The second-order valence-electron chi connectivity index (χ2n) is 7.89. The van der Waals surface area contributed by atoms with Crippen LogP contribution >= 0.6 is 0 Å². The lowest BCUT2D eigenvalue weighted by atomic mass is 9.77. The minimum absolute atomic E-state index is 0.0332. The highest BCUT2D eigenvalue weighted by atomic mass is 16.3. The van der Waals surface area contributed by atoms with Crippen LogP contribution in [0, 0.1) is 11.3 Å². The molecule has 0 aromatic rings. The van der Waals surface area contributed by atoms with Gasteiger partial charge in [0, 0.05) is 59.0 Å². The number of aliphatic hydroxyl groups excluding tert-OH is 1. The van der Waals surface area contributed by atoms with Crippen molar-refractivity contribution in [2.75, 3.05) is 66.0 Å². The van der Waals surface area contributed by atoms with E-state index in [9.17, 15) is 9.90 Å². The first-order chi connectivity index (χ1) is 11.5. The Kier molecular flexibility index (Phi) is 7.32. The van der Waals surface area contributed by atoms with E-state index in [1.165, 1.54) is 0 Å². The molecule has 2 N–H and O–H groups in total. The first-order valence-corrected chi connectivity index (χ1v) is 9.52. The number of urea groups is 1. The van der Waals surface area contributed by atoms with Gasteiger partial charge >= 0.3 is 6.03 Å². The van der Waals surface area contributed by atoms with Crippen molar-refractivity contribution < 1.29 is 9.90 Å². The molecule has 0 radical (unpaired) electrons.